The molecule has 2 aliphatic heterocycles. The average Bonchev–Trinajstić information content (AvgIpc) is 2.83. The molecule has 0 aliphatic carbocycles. The predicted molar refractivity (Wildman–Crippen MR) is 135 cm³/mol. The predicted octanol–water partition coefficient (Wildman–Crippen LogP) is 3.30. The van der Waals surface area contributed by atoms with Gasteiger partial charge in [0.15, 0.2) is 0 Å². The van der Waals surface area contributed by atoms with Gasteiger partial charge in [0.1, 0.15) is 0 Å². The number of nitrogens with zero attached hydrogens (tertiary/aromatic N) is 2. The van der Waals surface area contributed by atoms with Crippen molar-refractivity contribution in [3.63, 3.8) is 0 Å². The van der Waals surface area contributed by atoms with Crippen molar-refractivity contribution in [3.05, 3.63) is 59.2 Å². The number of hydrogen-bond donors (Lipinski definition) is 2. The fourth-order valence-electron chi connectivity index (χ4n) is 4.34. The maximum Gasteiger partial charge on any atom is 0.253 e. The van der Waals surface area contributed by atoms with Crippen LogP contribution in [0.3, 0.4) is 0 Å². The Labute approximate surface area is 202 Å². The second-order valence-electron chi connectivity index (χ2n) is 10.1. The monoisotopic (exact) mass is 464 g/mol. The fourth-order valence-corrected chi connectivity index (χ4v) is 4.34. The normalized spacial score (nSPS) is 16.6. The van der Waals surface area contributed by atoms with Crippen molar-refractivity contribution < 1.29 is 14.3 Å². The lowest BCUT2D eigenvalue weighted by Gasteiger charge is -2.32. The minimum atomic E-state index is -0.518. The van der Waals surface area contributed by atoms with E-state index in [0.717, 1.165) is 58.0 Å². The number of anilines is 2. The molecule has 0 unspecified atom stereocenters. The number of fused-ring (bicyclic) bond motifs is 1. The van der Waals surface area contributed by atoms with E-state index in [4.69, 9.17) is 4.74 Å². The van der Waals surface area contributed by atoms with Gasteiger partial charge < -0.3 is 20.3 Å². The molecular weight excluding hydrogens is 428 g/mol. The molecule has 7 heteroatoms. The summed E-state index contributed by atoms with van der Waals surface area (Å²) in [6.45, 7) is 11.9. The summed E-state index contributed by atoms with van der Waals surface area (Å²) in [6.07, 6.45) is 0.941. The first-order chi connectivity index (χ1) is 16.3. The van der Waals surface area contributed by atoms with Crippen molar-refractivity contribution >= 4 is 23.2 Å². The van der Waals surface area contributed by atoms with Crippen molar-refractivity contribution in [1.29, 1.82) is 0 Å². The summed E-state index contributed by atoms with van der Waals surface area (Å²) in [6, 6.07) is 14.1. The Hall–Kier alpha value is -2.90. The van der Waals surface area contributed by atoms with Gasteiger partial charge in [0.2, 0.25) is 5.91 Å². The summed E-state index contributed by atoms with van der Waals surface area (Å²) < 4.78 is 5.40. The smallest absolute Gasteiger partial charge is 0.253 e. The lowest BCUT2D eigenvalue weighted by atomic mass is 9.95. The Kier molecular flexibility index (Phi) is 7.54. The summed E-state index contributed by atoms with van der Waals surface area (Å²) >= 11 is 0. The van der Waals surface area contributed by atoms with Crippen LogP contribution in [-0.2, 0) is 22.5 Å². The molecule has 7 nitrogen and oxygen atoms in total. The highest BCUT2D eigenvalue weighted by molar-refractivity contribution is 6.02. The zero-order valence-electron chi connectivity index (χ0n) is 20.5. The minimum Gasteiger partial charge on any atom is -0.379 e. The fraction of sp³-hybridized carbons (Fsp3) is 0.481. The number of ether oxygens (including phenoxy) is 1. The highest BCUT2D eigenvalue weighted by atomic mass is 16.5. The van der Waals surface area contributed by atoms with E-state index in [1.54, 1.807) is 0 Å². The second kappa shape index (κ2) is 10.6. The van der Waals surface area contributed by atoms with Crippen LogP contribution in [0.2, 0.25) is 0 Å². The van der Waals surface area contributed by atoms with E-state index in [9.17, 15) is 9.59 Å². The lowest BCUT2D eigenvalue weighted by molar-refractivity contribution is -0.123. The van der Waals surface area contributed by atoms with Gasteiger partial charge in [-0.2, -0.15) is 0 Å². The van der Waals surface area contributed by atoms with Crippen LogP contribution in [0, 0.1) is 5.41 Å². The van der Waals surface area contributed by atoms with E-state index in [1.807, 2.05) is 39.0 Å². The van der Waals surface area contributed by atoms with Gasteiger partial charge in [0.05, 0.1) is 18.8 Å². The maximum absolute atomic E-state index is 13.3. The largest absolute Gasteiger partial charge is 0.379 e. The molecule has 0 saturated carbocycles. The summed E-state index contributed by atoms with van der Waals surface area (Å²) in [7, 11) is 0. The molecule has 2 aliphatic rings. The quantitative estimate of drug-likeness (QED) is 0.686. The molecule has 4 rings (SSSR count). The van der Waals surface area contributed by atoms with Crippen molar-refractivity contribution in [1.82, 2.24) is 10.2 Å². The topological polar surface area (TPSA) is 73.9 Å². The van der Waals surface area contributed by atoms with E-state index in [0.29, 0.717) is 17.8 Å². The molecule has 0 radical (unpaired) electrons. The van der Waals surface area contributed by atoms with Crippen LogP contribution in [0.1, 0.15) is 42.3 Å². The molecule has 0 bridgehead atoms. The van der Waals surface area contributed by atoms with Crippen LogP contribution in [0.4, 0.5) is 11.4 Å². The summed E-state index contributed by atoms with van der Waals surface area (Å²) in [5, 5.41) is 6.07. The Bertz CT molecular complexity index is 1020. The molecule has 2 heterocycles. The number of carbonyl (C=O) groups is 2. The first kappa shape index (κ1) is 24.2. The molecule has 1 fully saturated rings. The van der Waals surface area contributed by atoms with Crippen LogP contribution in [0.25, 0.3) is 0 Å². The van der Waals surface area contributed by atoms with Gasteiger partial charge in [-0.15, -0.1) is 0 Å². The van der Waals surface area contributed by atoms with Gasteiger partial charge in [-0.3, -0.25) is 14.5 Å². The molecule has 1 saturated heterocycles. The average molecular weight is 465 g/mol. The molecule has 2 amide bonds. The Morgan fingerprint density at radius 1 is 1.00 bits per heavy atom. The van der Waals surface area contributed by atoms with E-state index < -0.39 is 5.41 Å². The summed E-state index contributed by atoms with van der Waals surface area (Å²) in [5.74, 6) is -0.195. The Morgan fingerprint density at radius 3 is 2.47 bits per heavy atom. The summed E-state index contributed by atoms with van der Waals surface area (Å²) in [4.78, 5) is 30.4. The lowest BCUT2D eigenvalue weighted by Crippen LogP contribution is -2.41. The van der Waals surface area contributed by atoms with E-state index in [1.165, 1.54) is 11.1 Å². The maximum atomic E-state index is 13.3. The first-order valence-electron chi connectivity index (χ1n) is 12.2. The minimum absolute atomic E-state index is 0.0779. The number of carbonyl (C=O) groups excluding carboxylic acids is 2. The van der Waals surface area contributed by atoms with Crippen molar-refractivity contribution in [2.75, 3.05) is 56.2 Å². The third kappa shape index (κ3) is 5.96. The number of benzene rings is 2. The van der Waals surface area contributed by atoms with Gasteiger partial charge >= 0.3 is 0 Å². The van der Waals surface area contributed by atoms with E-state index in [2.05, 4.69) is 44.7 Å². The van der Waals surface area contributed by atoms with Crippen LogP contribution < -0.4 is 15.5 Å². The zero-order chi connectivity index (χ0) is 24.1. The molecule has 0 atom stereocenters. The number of rotatable bonds is 6. The number of nitrogens with one attached hydrogen (secondary N) is 2. The van der Waals surface area contributed by atoms with Crippen molar-refractivity contribution in [2.24, 2.45) is 5.41 Å². The molecule has 34 heavy (non-hydrogen) atoms. The standard InChI is InChI=1S/C27H36N4O3/c1-27(2,3)26(33)29-22-8-9-24(31-12-10-20-6-4-5-7-21(20)19-31)23(18-22)25(32)28-11-13-30-14-16-34-17-15-30/h4-9,18H,10-17,19H2,1-3H3,(H,28,32)(H,29,33). The van der Waals surface area contributed by atoms with Gasteiger partial charge in [-0.1, -0.05) is 45.0 Å². The first-order valence-corrected chi connectivity index (χ1v) is 12.2. The molecule has 2 N–H and O–H groups in total. The summed E-state index contributed by atoms with van der Waals surface area (Å²) in [5.41, 5.74) is 4.26. The molecule has 0 spiro atoms. The highest BCUT2D eigenvalue weighted by Crippen LogP contribution is 2.30. The molecular formula is C27H36N4O3. The molecule has 182 valence electrons. The Balaban J connectivity index is 1.53. The van der Waals surface area contributed by atoms with Crippen LogP contribution in [0.5, 0.6) is 0 Å². The van der Waals surface area contributed by atoms with Gasteiger partial charge in [0, 0.05) is 56.1 Å². The molecule has 0 aromatic heterocycles. The SMILES string of the molecule is CC(C)(C)C(=O)Nc1ccc(N2CCc3ccccc3C2)c(C(=O)NCCN2CCOCC2)c1. The number of morpholine rings is 1. The third-order valence-electron chi connectivity index (χ3n) is 6.47. The zero-order valence-corrected chi connectivity index (χ0v) is 20.5. The second-order valence-corrected chi connectivity index (χ2v) is 10.1. The van der Waals surface area contributed by atoms with Crippen molar-refractivity contribution in [3.8, 4) is 0 Å². The van der Waals surface area contributed by atoms with Gasteiger partial charge in [0.25, 0.3) is 5.91 Å². The van der Waals surface area contributed by atoms with Crippen LogP contribution in [0.15, 0.2) is 42.5 Å². The Morgan fingerprint density at radius 2 is 1.74 bits per heavy atom. The number of hydrogen-bond acceptors (Lipinski definition) is 5. The van der Waals surface area contributed by atoms with E-state index >= 15 is 0 Å². The van der Waals surface area contributed by atoms with E-state index in [-0.39, 0.29) is 11.8 Å². The van der Waals surface area contributed by atoms with Gasteiger partial charge in [-0.05, 0) is 35.7 Å². The van der Waals surface area contributed by atoms with Crippen LogP contribution >= 0.6 is 0 Å². The number of amides is 2. The molecule has 2 aromatic carbocycles. The van der Waals surface area contributed by atoms with Crippen LogP contribution in [-0.4, -0.2) is 62.7 Å². The van der Waals surface area contributed by atoms with Gasteiger partial charge in [-0.25, -0.2) is 0 Å². The molecule has 2 aromatic rings. The third-order valence-corrected chi connectivity index (χ3v) is 6.47. The van der Waals surface area contributed by atoms with Crippen molar-refractivity contribution in [2.45, 2.75) is 33.7 Å². The highest BCUT2D eigenvalue weighted by Gasteiger charge is 2.24.